The number of alkyl halides is 3. The molecule has 0 unspecified atom stereocenters. The number of carbonyl (C=O) groups is 1. The Labute approximate surface area is 204 Å². The third kappa shape index (κ3) is 7.36. The van der Waals surface area contributed by atoms with Crippen LogP contribution in [0.15, 0.2) is 66.7 Å². The topological polar surface area (TPSA) is 56.6 Å². The Kier molecular flexibility index (Phi) is 8.20. The van der Waals surface area contributed by atoms with Crippen LogP contribution in [0, 0.1) is 17.3 Å². The fourth-order valence-electron chi connectivity index (χ4n) is 3.38. The van der Waals surface area contributed by atoms with Crippen molar-refractivity contribution < 1.29 is 27.1 Å². The highest BCUT2D eigenvalue weighted by molar-refractivity contribution is 6.31. The van der Waals surface area contributed by atoms with Crippen LogP contribution in [0.1, 0.15) is 21.5 Å². The molecule has 3 aromatic rings. The largest absolute Gasteiger partial charge is 0.573 e. The van der Waals surface area contributed by atoms with E-state index in [1.165, 1.54) is 59.3 Å². The molecule has 0 atom stereocenters. The normalized spacial score (nSPS) is 11.0. The van der Waals surface area contributed by atoms with Crippen LogP contribution in [-0.2, 0) is 13.0 Å². The van der Waals surface area contributed by atoms with E-state index in [-0.39, 0.29) is 30.2 Å². The summed E-state index contributed by atoms with van der Waals surface area (Å²) in [5.74, 6) is -1.19. The first-order valence-corrected chi connectivity index (χ1v) is 10.7. The van der Waals surface area contributed by atoms with Crippen molar-refractivity contribution in [2.75, 3.05) is 18.5 Å². The van der Waals surface area contributed by atoms with E-state index >= 15 is 0 Å². The fourth-order valence-corrected chi connectivity index (χ4v) is 3.55. The van der Waals surface area contributed by atoms with E-state index < -0.39 is 12.3 Å². The molecule has 5 nitrogen and oxygen atoms in total. The smallest absolute Gasteiger partial charge is 0.406 e. The van der Waals surface area contributed by atoms with E-state index in [0.717, 1.165) is 5.56 Å². The molecule has 0 fully saturated rings. The van der Waals surface area contributed by atoms with Gasteiger partial charge in [-0.25, -0.2) is 4.39 Å². The Bertz CT molecular complexity index is 1210. The molecule has 0 heterocycles. The van der Waals surface area contributed by atoms with Crippen molar-refractivity contribution in [1.29, 1.82) is 5.26 Å². The van der Waals surface area contributed by atoms with Crippen molar-refractivity contribution in [2.45, 2.75) is 19.3 Å². The molecule has 0 spiro atoms. The average molecular weight is 506 g/mol. The highest BCUT2D eigenvalue weighted by Gasteiger charge is 2.31. The summed E-state index contributed by atoms with van der Waals surface area (Å²) in [5.41, 5.74) is 1.89. The Morgan fingerprint density at radius 1 is 1.03 bits per heavy atom. The number of benzene rings is 3. The fraction of sp³-hybridized carbons (Fsp3) is 0.200. The summed E-state index contributed by atoms with van der Waals surface area (Å²) in [6.45, 7) is 0.280. The van der Waals surface area contributed by atoms with Crippen LogP contribution in [0.4, 0.5) is 23.2 Å². The number of hydrogen-bond acceptors (Lipinski definition) is 4. The van der Waals surface area contributed by atoms with Gasteiger partial charge in [0.15, 0.2) is 6.19 Å². The van der Waals surface area contributed by atoms with E-state index in [2.05, 4.69) is 4.74 Å². The molecule has 0 bridgehead atoms. The van der Waals surface area contributed by atoms with E-state index in [0.29, 0.717) is 22.7 Å². The van der Waals surface area contributed by atoms with Crippen LogP contribution >= 0.6 is 11.6 Å². The van der Waals surface area contributed by atoms with Crippen LogP contribution in [0.5, 0.6) is 5.75 Å². The maximum Gasteiger partial charge on any atom is 0.573 e. The minimum absolute atomic E-state index is 0.0640. The van der Waals surface area contributed by atoms with Crippen LogP contribution in [0.3, 0.4) is 0 Å². The third-order valence-electron chi connectivity index (χ3n) is 5.10. The van der Waals surface area contributed by atoms with Gasteiger partial charge in [-0.05, 0) is 60.0 Å². The monoisotopic (exact) mass is 505 g/mol. The van der Waals surface area contributed by atoms with Gasteiger partial charge >= 0.3 is 6.36 Å². The molecule has 0 radical (unpaired) electrons. The van der Waals surface area contributed by atoms with Crippen molar-refractivity contribution in [3.05, 3.63) is 94.3 Å². The third-order valence-corrected chi connectivity index (χ3v) is 5.34. The van der Waals surface area contributed by atoms with Crippen molar-refractivity contribution in [1.82, 2.24) is 4.90 Å². The second kappa shape index (κ2) is 11.1. The molecule has 0 aromatic heterocycles. The van der Waals surface area contributed by atoms with Gasteiger partial charge in [0.25, 0.3) is 5.91 Å². The summed E-state index contributed by atoms with van der Waals surface area (Å²) in [6, 6.07) is 15.6. The van der Waals surface area contributed by atoms with Crippen LogP contribution in [-0.4, -0.2) is 30.8 Å². The number of anilines is 1. The molecular weight excluding hydrogens is 486 g/mol. The van der Waals surface area contributed by atoms with Gasteiger partial charge < -0.3 is 9.64 Å². The molecule has 3 aromatic carbocycles. The maximum atomic E-state index is 13.6. The lowest BCUT2D eigenvalue weighted by Crippen LogP contribution is -2.33. The summed E-state index contributed by atoms with van der Waals surface area (Å²) in [7, 11) is 1.50. The predicted molar refractivity (Wildman–Crippen MR) is 123 cm³/mol. The number of hydrogen-bond donors (Lipinski definition) is 0. The lowest BCUT2D eigenvalue weighted by Gasteiger charge is -2.25. The molecule has 182 valence electrons. The number of nitrogens with zero attached hydrogens (tertiary/aromatic N) is 3. The molecule has 0 saturated heterocycles. The SMILES string of the molecule is CN(C#N)c1ccc(Cl)cc1C(=O)N(CCc1ccc(F)cc1)Cc1ccc(OC(F)(F)F)cc1. The van der Waals surface area contributed by atoms with Gasteiger partial charge in [-0.2, -0.15) is 5.26 Å². The number of amides is 1. The van der Waals surface area contributed by atoms with E-state index in [9.17, 15) is 27.6 Å². The van der Waals surface area contributed by atoms with Crippen molar-refractivity contribution in [2.24, 2.45) is 0 Å². The Hall–Kier alpha value is -3.77. The van der Waals surface area contributed by atoms with Crippen LogP contribution < -0.4 is 9.64 Å². The first-order chi connectivity index (χ1) is 16.6. The van der Waals surface area contributed by atoms with Gasteiger partial charge in [0.1, 0.15) is 11.6 Å². The van der Waals surface area contributed by atoms with Gasteiger partial charge in [0, 0.05) is 25.2 Å². The van der Waals surface area contributed by atoms with Crippen LogP contribution in [0.2, 0.25) is 5.02 Å². The Morgan fingerprint density at radius 2 is 1.66 bits per heavy atom. The quantitative estimate of drug-likeness (QED) is 0.208. The number of nitriles is 1. The minimum atomic E-state index is -4.81. The van der Waals surface area contributed by atoms with Crippen molar-refractivity contribution in [3.63, 3.8) is 0 Å². The standard InChI is InChI=1S/C25H20ClF4N3O2/c1-32(16-31)23-11-6-19(26)14-22(23)24(34)33(13-12-17-2-7-20(27)8-3-17)15-18-4-9-21(10-5-18)35-25(28,29)30/h2-11,14H,12-13,15H2,1H3. The van der Waals surface area contributed by atoms with Crippen LogP contribution in [0.25, 0.3) is 0 Å². The highest BCUT2D eigenvalue weighted by atomic mass is 35.5. The van der Waals surface area contributed by atoms with E-state index in [4.69, 9.17) is 11.6 Å². The Morgan fingerprint density at radius 3 is 2.26 bits per heavy atom. The first kappa shape index (κ1) is 25.8. The summed E-state index contributed by atoms with van der Waals surface area (Å²) in [4.78, 5) is 16.3. The molecule has 0 aliphatic carbocycles. The minimum Gasteiger partial charge on any atom is -0.406 e. The van der Waals surface area contributed by atoms with Crippen molar-refractivity contribution >= 4 is 23.2 Å². The molecule has 0 N–H and O–H groups in total. The second-order valence-electron chi connectivity index (χ2n) is 7.62. The predicted octanol–water partition coefficient (Wildman–Crippen LogP) is 6.18. The van der Waals surface area contributed by atoms with Crippen molar-refractivity contribution in [3.8, 4) is 11.9 Å². The zero-order valence-electron chi connectivity index (χ0n) is 18.5. The zero-order chi connectivity index (χ0) is 25.6. The molecule has 0 aliphatic rings. The molecule has 3 rings (SSSR count). The van der Waals surface area contributed by atoms with Gasteiger partial charge in [0.2, 0.25) is 0 Å². The molecule has 35 heavy (non-hydrogen) atoms. The van der Waals surface area contributed by atoms with E-state index in [1.807, 2.05) is 6.19 Å². The molecule has 1 amide bonds. The summed E-state index contributed by atoms with van der Waals surface area (Å²) in [5, 5.41) is 9.62. The molecule has 10 heteroatoms. The zero-order valence-corrected chi connectivity index (χ0v) is 19.3. The number of halogens is 5. The van der Waals surface area contributed by atoms with E-state index in [1.54, 1.807) is 24.3 Å². The summed E-state index contributed by atoms with van der Waals surface area (Å²) < 4.78 is 54.5. The van der Waals surface area contributed by atoms with Gasteiger partial charge in [0.05, 0.1) is 11.3 Å². The van der Waals surface area contributed by atoms with Gasteiger partial charge in [-0.1, -0.05) is 35.9 Å². The van der Waals surface area contributed by atoms with Gasteiger partial charge in [-0.15, -0.1) is 13.2 Å². The average Bonchev–Trinajstić information content (AvgIpc) is 2.82. The molecular formula is C25H20ClF4N3O2. The summed E-state index contributed by atoms with van der Waals surface area (Å²) in [6.07, 6.45) is -2.47. The molecule has 0 aliphatic heterocycles. The number of rotatable bonds is 8. The maximum absolute atomic E-state index is 13.6. The first-order valence-electron chi connectivity index (χ1n) is 10.4. The second-order valence-corrected chi connectivity index (χ2v) is 8.05. The Balaban J connectivity index is 1.89. The lowest BCUT2D eigenvalue weighted by atomic mass is 10.1. The lowest BCUT2D eigenvalue weighted by molar-refractivity contribution is -0.274. The van der Waals surface area contributed by atoms with Gasteiger partial charge in [-0.3, -0.25) is 9.69 Å². The molecule has 0 saturated carbocycles. The summed E-state index contributed by atoms with van der Waals surface area (Å²) >= 11 is 6.12. The number of ether oxygens (including phenoxy) is 1. The number of carbonyl (C=O) groups excluding carboxylic acids is 1. The highest BCUT2D eigenvalue weighted by Crippen LogP contribution is 2.27.